The number of thioether (sulfide) groups is 1. The highest BCUT2D eigenvalue weighted by Gasteiger charge is 2.07. The minimum Gasteiger partial charge on any atom is -0.397 e. The third-order valence-corrected chi connectivity index (χ3v) is 4.96. The molecular formula is C9H14N2O2S2. The number of nitrogen functional groups attached to an aromatic ring is 1. The molecule has 0 amide bonds. The molecule has 0 fully saturated rings. The summed E-state index contributed by atoms with van der Waals surface area (Å²) >= 11 is 1.45. The average molecular weight is 246 g/mol. The van der Waals surface area contributed by atoms with Crippen molar-refractivity contribution in [3.63, 3.8) is 0 Å². The largest absolute Gasteiger partial charge is 0.397 e. The van der Waals surface area contributed by atoms with Crippen molar-refractivity contribution in [1.82, 2.24) is 4.98 Å². The predicted octanol–water partition coefficient (Wildman–Crippen LogP) is 1.19. The normalized spacial score (nSPS) is 11.5. The number of anilines is 1. The molecule has 0 aliphatic heterocycles. The second kappa shape index (κ2) is 5.37. The van der Waals surface area contributed by atoms with Crippen molar-refractivity contribution in [3.05, 3.63) is 18.5 Å². The highest BCUT2D eigenvalue weighted by molar-refractivity contribution is 8.00. The van der Waals surface area contributed by atoms with Crippen LogP contribution >= 0.6 is 11.8 Å². The third kappa shape index (κ3) is 4.09. The Morgan fingerprint density at radius 2 is 2.27 bits per heavy atom. The van der Waals surface area contributed by atoms with Crippen LogP contribution in [0.3, 0.4) is 0 Å². The van der Waals surface area contributed by atoms with Gasteiger partial charge in [-0.25, -0.2) is 8.42 Å². The van der Waals surface area contributed by atoms with Crippen molar-refractivity contribution in [2.24, 2.45) is 0 Å². The maximum absolute atomic E-state index is 11.2. The molecule has 6 heteroatoms. The maximum Gasteiger partial charge on any atom is 0.150 e. The van der Waals surface area contributed by atoms with Gasteiger partial charge in [-0.05, 0) is 6.07 Å². The lowest BCUT2D eigenvalue weighted by Gasteiger charge is -2.04. The van der Waals surface area contributed by atoms with Crippen molar-refractivity contribution >= 4 is 27.3 Å². The molecule has 0 bridgehead atoms. The van der Waals surface area contributed by atoms with E-state index in [9.17, 15) is 8.42 Å². The van der Waals surface area contributed by atoms with E-state index in [4.69, 9.17) is 5.73 Å². The standard InChI is InChI=1S/C9H14N2O2S2/c1-2-15(12,13)6-5-14-9-3-4-11-7-8(9)10/h3-4,7H,2,5-6,10H2,1H3. The summed E-state index contributed by atoms with van der Waals surface area (Å²) in [6.07, 6.45) is 3.21. The number of hydrogen-bond acceptors (Lipinski definition) is 5. The van der Waals surface area contributed by atoms with Gasteiger partial charge in [-0.2, -0.15) is 0 Å². The Kier molecular flexibility index (Phi) is 4.41. The van der Waals surface area contributed by atoms with Crippen LogP contribution in [0.2, 0.25) is 0 Å². The van der Waals surface area contributed by atoms with E-state index in [-0.39, 0.29) is 11.5 Å². The zero-order chi connectivity index (χ0) is 11.3. The van der Waals surface area contributed by atoms with Crippen LogP contribution in [0.15, 0.2) is 23.4 Å². The zero-order valence-electron chi connectivity index (χ0n) is 8.51. The van der Waals surface area contributed by atoms with Gasteiger partial charge in [0.15, 0.2) is 9.84 Å². The molecule has 0 spiro atoms. The molecule has 0 saturated heterocycles. The SMILES string of the molecule is CCS(=O)(=O)CCSc1ccncc1N. The highest BCUT2D eigenvalue weighted by atomic mass is 32.2. The molecule has 0 atom stereocenters. The van der Waals surface area contributed by atoms with Crippen LogP contribution in [-0.2, 0) is 9.84 Å². The quantitative estimate of drug-likeness (QED) is 0.790. The lowest BCUT2D eigenvalue weighted by Crippen LogP contribution is -2.10. The molecule has 0 aliphatic rings. The lowest BCUT2D eigenvalue weighted by atomic mass is 10.4. The molecule has 1 heterocycles. The third-order valence-electron chi connectivity index (χ3n) is 1.90. The maximum atomic E-state index is 11.2. The van der Waals surface area contributed by atoms with Crippen LogP contribution in [0.5, 0.6) is 0 Å². The van der Waals surface area contributed by atoms with Gasteiger partial charge in [0.2, 0.25) is 0 Å². The molecule has 0 radical (unpaired) electrons. The topological polar surface area (TPSA) is 73.0 Å². The Hall–Kier alpha value is -0.750. The average Bonchev–Trinajstić information content (AvgIpc) is 2.21. The summed E-state index contributed by atoms with van der Waals surface area (Å²) in [6.45, 7) is 1.65. The van der Waals surface area contributed by atoms with Gasteiger partial charge in [-0.15, -0.1) is 11.8 Å². The molecule has 1 aromatic rings. The Morgan fingerprint density at radius 1 is 1.53 bits per heavy atom. The first kappa shape index (κ1) is 12.3. The first-order valence-electron chi connectivity index (χ1n) is 4.58. The van der Waals surface area contributed by atoms with Crippen LogP contribution in [0.4, 0.5) is 5.69 Å². The van der Waals surface area contributed by atoms with Crippen LogP contribution in [0, 0.1) is 0 Å². The molecule has 1 aromatic heterocycles. The molecule has 1 rings (SSSR count). The second-order valence-electron chi connectivity index (χ2n) is 3.00. The van der Waals surface area contributed by atoms with Crippen molar-refractivity contribution in [2.75, 3.05) is 23.0 Å². The van der Waals surface area contributed by atoms with Gasteiger partial charge < -0.3 is 5.73 Å². The minimum atomic E-state index is -2.88. The smallest absolute Gasteiger partial charge is 0.150 e. The summed E-state index contributed by atoms with van der Waals surface area (Å²) in [5.74, 6) is 0.916. The van der Waals surface area contributed by atoms with Gasteiger partial charge in [-0.3, -0.25) is 4.98 Å². The van der Waals surface area contributed by atoms with Gasteiger partial charge in [0.25, 0.3) is 0 Å². The Balaban J connectivity index is 2.49. The molecule has 0 unspecified atom stereocenters. The van der Waals surface area contributed by atoms with Crippen LogP contribution < -0.4 is 5.73 Å². The van der Waals surface area contributed by atoms with E-state index in [0.29, 0.717) is 11.4 Å². The number of hydrogen-bond donors (Lipinski definition) is 1. The van der Waals surface area contributed by atoms with Gasteiger partial charge in [0, 0.05) is 22.6 Å². The second-order valence-corrected chi connectivity index (χ2v) is 6.61. The summed E-state index contributed by atoms with van der Waals surface area (Å²) in [5.41, 5.74) is 6.26. The van der Waals surface area contributed by atoms with E-state index in [2.05, 4.69) is 4.98 Å². The fourth-order valence-electron chi connectivity index (χ4n) is 0.948. The molecule has 0 aliphatic carbocycles. The molecule has 4 nitrogen and oxygen atoms in total. The number of pyridine rings is 1. The van der Waals surface area contributed by atoms with E-state index >= 15 is 0 Å². The van der Waals surface area contributed by atoms with Crippen molar-refractivity contribution < 1.29 is 8.42 Å². The van der Waals surface area contributed by atoms with Crippen LogP contribution in [-0.4, -0.2) is 30.7 Å². The van der Waals surface area contributed by atoms with Crippen molar-refractivity contribution in [3.8, 4) is 0 Å². The molecule has 0 saturated carbocycles. The summed E-state index contributed by atoms with van der Waals surface area (Å²) in [4.78, 5) is 4.75. The van der Waals surface area contributed by atoms with E-state index in [1.165, 1.54) is 11.8 Å². The van der Waals surface area contributed by atoms with E-state index in [1.807, 2.05) is 0 Å². The fraction of sp³-hybridized carbons (Fsp3) is 0.444. The fourth-order valence-corrected chi connectivity index (χ4v) is 3.18. The van der Waals surface area contributed by atoms with Crippen LogP contribution in [0.1, 0.15) is 6.92 Å². The summed E-state index contributed by atoms with van der Waals surface area (Å²) in [7, 11) is -2.88. The van der Waals surface area contributed by atoms with Gasteiger partial charge in [-0.1, -0.05) is 6.92 Å². The zero-order valence-corrected chi connectivity index (χ0v) is 10.1. The molecule has 2 N–H and O–H groups in total. The van der Waals surface area contributed by atoms with Crippen molar-refractivity contribution in [1.29, 1.82) is 0 Å². The van der Waals surface area contributed by atoms with E-state index in [0.717, 1.165) is 4.90 Å². The Labute approximate surface area is 94.2 Å². The number of nitrogens with zero attached hydrogens (tertiary/aromatic N) is 1. The first-order chi connectivity index (χ1) is 7.05. The number of sulfone groups is 1. The van der Waals surface area contributed by atoms with Crippen LogP contribution in [0.25, 0.3) is 0 Å². The highest BCUT2D eigenvalue weighted by Crippen LogP contribution is 2.23. The minimum absolute atomic E-state index is 0.190. The van der Waals surface area contributed by atoms with Gasteiger partial charge in [0.1, 0.15) is 0 Å². The van der Waals surface area contributed by atoms with Gasteiger partial charge in [0.05, 0.1) is 17.6 Å². The number of aromatic nitrogens is 1. The summed E-state index contributed by atoms with van der Waals surface area (Å²) < 4.78 is 22.4. The predicted molar refractivity (Wildman–Crippen MR) is 63.7 cm³/mol. The molecule has 84 valence electrons. The monoisotopic (exact) mass is 246 g/mol. The number of rotatable bonds is 5. The molecular weight excluding hydrogens is 232 g/mol. The Morgan fingerprint density at radius 3 is 2.87 bits per heavy atom. The van der Waals surface area contributed by atoms with Gasteiger partial charge >= 0.3 is 0 Å². The lowest BCUT2D eigenvalue weighted by molar-refractivity contribution is 0.599. The molecule has 0 aromatic carbocycles. The number of nitrogens with two attached hydrogens (primary N) is 1. The van der Waals surface area contributed by atoms with E-state index in [1.54, 1.807) is 25.4 Å². The summed E-state index contributed by atoms with van der Waals surface area (Å²) in [5, 5.41) is 0. The van der Waals surface area contributed by atoms with Crippen molar-refractivity contribution in [2.45, 2.75) is 11.8 Å². The molecule has 15 heavy (non-hydrogen) atoms. The van der Waals surface area contributed by atoms with E-state index < -0.39 is 9.84 Å². The Bertz CT molecular complexity index is 418. The first-order valence-corrected chi connectivity index (χ1v) is 7.38. The summed E-state index contributed by atoms with van der Waals surface area (Å²) in [6, 6.07) is 1.79.